The van der Waals surface area contributed by atoms with Crippen molar-refractivity contribution in [3.05, 3.63) is 69.8 Å². The van der Waals surface area contributed by atoms with E-state index < -0.39 is 5.97 Å². The second-order valence-corrected chi connectivity index (χ2v) is 5.87. The number of halogens is 1. The van der Waals surface area contributed by atoms with E-state index in [1.807, 2.05) is 23.8 Å². The highest BCUT2D eigenvalue weighted by Gasteiger charge is 2.15. The zero-order valence-corrected chi connectivity index (χ0v) is 13.7. The Kier molecular flexibility index (Phi) is 4.86. The molecule has 0 aliphatic heterocycles. The first-order valence-corrected chi connectivity index (χ1v) is 8.16. The van der Waals surface area contributed by atoms with Gasteiger partial charge in [-0.3, -0.25) is 0 Å². The molecule has 0 aliphatic carbocycles. The molecule has 24 heavy (non-hydrogen) atoms. The number of nitrogens with zero attached hydrogens (tertiary/aromatic N) is 1. The smallest absolute Gasteiger partial charge is 0.331 e. The van der Waals surface area contributed by atoms with Crippen LogP contribution in [0.25, 0.3) is 17.4 Å². The number of aromatic nitrogens is 1. The van der Waals surface area contributed by atoms with Gasteiger partial charge in [-0.15, -0.1) is 0 Å². The van der Waals surface area contributed by atoms with Crippen LogP contribution in [0.3, 0.4) is 0 Å². The third-order valence-corrected chi connectivity index (χ3v) is 4.13. The van der Waals surface area contributed by atoms with E-state index in [-0.39, 0.29) is 12.4 Å². The maximum Gasteiger partial charge on any atom is 0.331 e. The van der Waals surface area contributed by atoms with E-state index in [9.17, 15) is 9.18 Å². The minimum atomic E-state index is -0.452. The Morgan fingerprint density at radius 1 is 1.33 bits per heavy atom. The summed E-state index contributed by atoms with van der Waals surface area (Å²) in [6.07, 6.45) is 3.07. The van der Waals surface area contributed by atoms with Crippen molar-refractivity contribution in [2.45, 2.75) is 13.5 Å². The fourth-order valence-corrected chi connectivity index (χ4v) is 2.72. The lowest BCUT2D eigenvalue weighted by Gasteiger charge is -2.00. The molecule has 122 valence electrons. The van der Waals surface area contributed by atoms with Crippen molar-refractivity contribution in [2.75, 3.05) is 0 Å². The number of benzene rings is 1. The molecule has 1 aromatic carbocycles. The lowest BCUT2D eigenvalue weighted by molar-refractivity contribution is -0.139. The normalized spacial score (nSPS) is 11.1. The van der Waals surface area contributed by atoms with Crippen molar-refractivity contribution in [1.82, 2.24) is 5.16 Å². The predicted molar refractivity (Wildman–Crippen MR) is 89.8 cm³/mol. The molecule has 0 fully saturated rings. The molecule has 0 atom stereocenters. The quantitative estimate of drug-likeness (QED) is 0.501. The van der Waals surface area contributed by atoms with Crippen molar-refractivity contribution >= 4 is 23.4 Å². The number of hydrogen-bond acceptors (Lipinski definition) is 5. The summed E-state index contributed by atoms with van der Waals surface area (Å²) in [5.74, 6) is -0.232. The van der Waals surface area contributed by atoms with Crippen LogP contribution in [0.15, 0.2) is 51.7 Å². The zero-order chi connectivity index (χ0) is 16.9. The van der Waals surface area contributed by atoms with Gasteiger partial charge in [-0.05, 0) is 59.7 Å². The topological polar surface area (TPSA) is 52.3 Å². The van der Waals surface area contributed by atoms with Gasteiger partial charge in [0.25, 0.3) is 0 Å². The molecule has 0 spiro atoms. The van der Waals surface area contributed by atoms with Crippen molar-refractivity contribution in [3.63, 3.8) is 0 Å². The summed E-state index contributed by atoms with van der Waals surface area (Å²) in [5, 5.41) is 7.79. The minimum absolute atomic E-state index is 0.0172. The van der Waals surface area contributed by atoms with E-state index in [0.717, 1.165) is 16.7 Å². The molecule has 0 amide bonds. The Morgan fingerprint density at radius 2 is 2.12 bits per heavy atom. The van der Waals surface area contributed by atoms with E-state index in [1.54, 1.807) is 29.5 Å². The van der Waals surface area contributed by atoms with Crippen molar-refractivity contribution in [2.24, 2.45) is 0 Å². The van der Waals surface area contributed by atoms with Crippen molar-refractivity contribution in [3.8, 4) is 11.3 Å². The lowest BCUT2D eigenvalue weighted by atomic mass is 10.1. The average Bonchev–Trinajstić information content (AvgIpc) is 3.22. The van der Waals surface area contributed by atoms with Gasteiger partial charge in [0.05, 0.1) is 0 Å². The first kappa shape index (κ1) is 16.1. The molecule has 0 aliphatic rings. The number of ether oxygens (including phenoxy) is 1. The molecule has 0 saturated heterocycles. The third kappa shape index (κ3) is 3.78. The SMILES string of the molecule is Cc1c(COC(=O)/C=C/c2ccsc2)noc1-c1ccc(F)cc1. The molecular formula is C18H14FNO3S. The average molecular weight is 343 g/mol. The molecule has 3 rings (SSSR count). The number of hydrogen-bond donors (Lipinski definition) is 0. The predicted octanol–water partition coefficient (Wildman–Crippen LogP) is 4.61. The highest BCUT2D eigenvalue weighted by Crippen LogP contribution is 2.26. The highest BCUT2D eigenvalue weighted by atomic mass is 32.1. The van der Waals surface area contributed by atoms with E-state index in [4.69, 9.17) is 9.26 Å². The van der Waals surface area contributed by atoms with Crippen LogP contribution < -0.4 is 0 Å². The van der Waals surface area contributed by atoms with Gasteiger partial charge >= 0.3 is 5.97 Å². The monoisotopic (exact) mass is 343 g/mol. The van der Waals surface area contributed by atoms with Gasteiger partial charge in [-0.2, -0.15) is 11.3 Å². The fourth-order valence-electron chi connectivity index (χ4n) is 2.10. The molecular weight excluding hydrogens is 329 g/mol. The lowest BCUT2D eigenvalue weighted by Crippen LogP contribution is -2.02. The minimum Gasteiger partial charge on any atom is -0.456 e. The second kappa shape index (κ2) is 7.23. The number of carbonyl (C=O) groups excluding carboxylic acids is 1. The van der Waals surface area contributed by atoms with Gasteiger partial charge in [0, 0.05) is 17.2 Å². The van der Waals surface area contributed by atoms with Crippen LogP contribution in [0.5, 0.6) is 0 Å². The Balaban J connectivity index is 1.64. The number of esters is 1. The van der Waals surface area contributed by atoms with Crippen LogP contribution in [0.1, 0.15) is 16.8 Å². The van der Waals surface area contributed by atoms with E-state index >= 15 is 0 Å². The molecule has 6 heteroatoms. The van der Waals surface area contributed by atoms with Gasteiger partial charge in [-0.25, -0.2) is 9.18 Å². The van der Waals surface area contributed by atoms with Crippen LogP contribution >= 0.6 is 11.3 Å². The summed E-state index contributed by atoms with van der Waals surface area (Å²) < 4.78 is 23.4. The van der Waals surface area contributed by atoms with Gasteiger partial charge in [0.2, 0.25) is 0 Å². The Bertz CT molecular complexity index is 851. The molecule has 2 aromatic heterocycles. The summed E-state index contributed by atoms with van der Waals surface area (Å²) in [4.78, 5) is 11.7. The van der Waals surface area contributed by atoms with Crippen LogP contribution in [0.4, 0.5) is 4.39 Å². The first-order valence-electron chi connectivity index (χ1n) is 7.21. The van der Waals surface area contributed by atoms with Gasteiger partial charge < -0.3 is 9.26 Å². The van der Waals surface area contributed by atoms with E-state index in [0.29, 0.717) is 11.5 Å². The highest BCUT2D eigenvalue weighted by molar-refractivity contribution is 7.08. The second-order valence-electron chi connectivity index (χ2n) is 5.09. The summed E-state index contributed by atoms with van der Waals surface area (Å²) in [6.45, 7) is 1.84. The maximum atomic E-state index is 13.0. The third-order valence-electron chi connectivity index (χ3n) is 3.43. The fraction of sp³-hybridized carbons (Fsp3) is 0.111. The summed E-state index contributed by atoms with van der Waals surface area (Å²) in [5.41, 5.74) is 2.97. The summed E-state index contributed by atoms with van der Waals surface area (Å²) in [7, 11) is 0. The molecule has 0 saturated carbocycles. The van der Waals surface area contributed by atoms with Gasteiger partial charge in [0.1, 0.15) is 18.1 Å². The molecule has 4 nitrogen and oxygen atoms in total. The molecule has 0 N–H and O–H groups in total. The first-order chi connectivity index (χ1) is 11.6. The molecule has 0 bridgehead atoms. The van der Waals surface area contributed by atoms with Crippen LogP contribution in [-0.2, 0) is 16.1 Å². The van der Waals surface area contributed by atoms with E-state index in [2.05, 4.69) is 5.16 Å². The number of thiophene rings is 1. The largest absolute Gasteiger partial charge is 0.456 e. The standard InChI is InChI=1S/C18H14FNO3S/c1-12-16(10-22-17(21)7-2-13-8-9-24-11-13)20-23-18(12)14-3-5-15(19)6-4-14/h2-9,11H,10H2,1H3/b7-2+. The molecule has 2 heterocycles. The zero-order valence-electron chi connectivity index (χ0n) is 12.9. The van der Waals surface area contributed by atoms with Crippen LogP contribution in [0.2, 0.25) is 0 Å². The van der Waals surface area contributed by atoms with E-state index in [1.165, 1.54) is 18.2 Å². The summed E-state index contributed by atoms with van der Waals surface area (Å²) in [6, 6.07) is 7.84. The Hall–Kier alpha value is -2.73. The molecule has 0 radical (unpaired) electrons. The van der Waals surface area contributed by atoms with Gasteiger partial charge in [-0.1, -0.05) is 5.16 Å². The Morgan fingerprint density at radius 3 is 2.83 bits per heavy atom. The van der Waals surface area contributed by atoms with Crippen molar-refractivity contribution in [1.29, 1.82) is 0 Å². The number of carbonyl (C=O) groups is 1. The number of rotatable bonds is 5. The molecule has 3 aromatic rings. The van der Waals surface area contributed by atoms with Crippen LogP contribution in [-0.4, -0.2) is 11.1 Å². The van der Waals surface area contributed by atoms with Gasteiger partial charge in [0.15, 0.2) is 5.76 Å². The van der Waals surface area contributed by atoms with Crippen molar-refractivity contribution < 1.29 is 18.4 Å². The van der Waals surface area contributed by atoms with Crippen LogP contribution in [0, 0.1) is 12.7 Å². The molecule has 0 unspecified atom stereocenters. The summed E-state index contributed by atoms with van der Waals surface area (Å²) >= 11 is 1.56. The maximum absolute atomic E-state index is 13.0. The Labute approximate surface area is 142 Å².